The molecular formula is C23H27Cl2N5. The number of aromatic nitrogens is 2. The second kappa shape index (κ2) is 9.21. The topological polar surface area (TPSA) is 67.1 Å². The summed E-state index contributed by atoms with van der Waals surface area (Å²) in [6, 6.07) is 14.3. The molecule has 7 heteroatoms. The van der Waals surface area contributed by atoms with Crippen molar-refractivity contribution in [1.29, 1.82) is 0 Å². The minimum Gasteiger partial charge on any atom is -0.349 e. The number of nitrogens with zero attached hydrogens (tertiary/aromatic N) is 3. The highest BCUT2D eigenvalue weighted by molar-refractivity contribution is 6.31. The van der Waals surface area contributed by atoms with Crippen molar-refractivity contribution >= 4 is 41.5 Å². The summed E-state index contributed by atoms with van der Waals surface area (Å²) >= 11 is 6.44. The van der Waals surface area contributed by atoms with E-state index in [0.717, 1.165) is 46.3 Å². The van der Waals surface area contributed by atoms with E-state index in [1.165, 1.54) is 11.1 Å². The lowest BCUT2D eigenvalue weighted by atomic mass is 9.93. The molecule has 2 heterocycles. The zero-order chi connectivity index (χ0) is 20.5. The van der Waals surface area contributed by atoms with Crippen LogP contribution in [0, 0.1) is 13.8 Å². The van der Waals surface area contributed by atoms with Gasteiger partial charge in [-0.25, -0.2) is 4.98 Å². The van der Waals surface area contributed by atoms with Gasteiger partial charge in [0.2, 0.25) is 5.95 Å². The van der Waals surface area contributed by atoms with Crippen LogP contribution in [0.2, 0.25) is 5.02 Å². The molecule has 0 bridgehead atoms. The molecular weight excluding hydrogens is 417 g/mol. The number of rotatable bonds is 4. The second-order valence-electron chi connectivity index (χ2n) is 7.49. The molecule has 1 atom stereocenters. The van der Waals surface area contributed by atoms with E-state index in [2.05, 4.69) is 35.1 Å². The van der Waals surface area contributed by atoms with Crippen LogP contribution in [0.4, 0.5) is 17.5 Å². The van der Waals surface area contributed by atoms with Crippen molar-refractivity contribution in [2.45, 2.75) is 39.8 Å². The normalized spacial score (nSPS) is 15.4. The molecule has 0 radical (unpaired) electrons. The van der Waals surface area contributed by atoms with Crippen molar-refractivity contribution in [3.8, 4) is 0 Å². The molecule has 158 valence electrons. The van der Waals surface area contributed by atoms with Crippen molar-refractivity contribution in [1.82, 2.24) is 9.97 Å². The Morgan fingerprint density at radius 3 is 2.67 bits per heavy atom. The van der Waals surface area contributed by atoms with E-state index in [0.29, 0.717) is 12.5 Å². The molecule has 1 unspecified atom stereocenters. The number of nitrogens with two attached hydrogens (primary N) is 1. The van der Waals surface area contributed by atoms with Crippen LogP contribution in [-0.2, 0) is 13.0 Å². The van der Waals surface area contributed by atoms with Crippen LogP contribution in [-0.4, -0.2) is 16.5 Å². The second-order valence-corrected chi connectivity index (χ2v) is 7.90. The molecule has 1 aliphatic heterocycles. The first-order chi connectivity index (χ1) is 14.0. The summed E-state index contributed by atoms with van der Waals surface area (Å²) in [5.74, 6) is 1.55. The molecule has 0 saturated heterocycles. The summed E-state index contributed by atoms with van der Waals surface area (Å²) in [7, 11) is 0. The molecule has 2 aromatic carbocycles. The maximum Gasteiger partial charge on any atom is 0.229 e. The molecule has 0 amide bonds. The Kier molecular flexibility index (Phi) is 6.86. The van der Waals surface area contributed by atoms with Crippen molar-refractivity contribution in [2.75, 3.05) is 16.8 Å². The van der Waals surface area contributed by atoms with E-state index in [1.54, 1.807) is 0 Å². The fraction of sp³-hybridized carbons (Fsp3) is 0.304. The summed E-state index contributed by atoms with van der Waals surface area (Å²) in [4.78, 5) is 11.9. The molecule has 3 N–H and O–H groups in total. The number of hydrogen-bond acceptors (Lipinski definition) is 5. The Morgan fingerprint density at radius 2 is 1.90 bits per heavy atom. The number of nitrogens with one attached hydrogen (secondary N) is 1. The molecule has 1 aromatic heterocycles. The molecule has 1 aliphatic rings. The van der Waals surface area contributed by atoms with Crippen LogP contribution in [0.3, 0.4) is 0 Å². The first-order valence-corrected chi connectivity index (χ1v) is 10.3. The van der Waals surface area contributed by atoms with Crippen molar-refractivity contribution < 1.29 is 0 Å². The SMILES string of the molecule is Cc1nc(Nc2ccccc2CN)nc(N2CCc3c(Cl)cccc3C2C)c1C.Cl. The van der Waals surface area contributed by atoms with Crippen molar-refractivity contribution in [2.24, 2.45) is 5.73 Å². The van der Waals surface area contributed by atoms with Crippen molar-refractivity contribution in [3.63, 3.8) is 0 Å². The van der Waals surface area contributed by atoms with Gasteiger partial charge in [-0.15, -0.1) is 12.4 Å². The fourth-order valence-electron chi connectivity index (χ4n) is 4.00. The molecule has 0 saturated carbocycles. The Bertz CT molecular complexity index is 1050. The molecule has 5 nitrogen and oxygen atoms in total. The van der Waals surface area contributed by atoms with Crippen LogP contribution >= 0.6 is 24.0 Å². The predicted octanol–water partition coefficient (Wildman–Crippen LogP) is 5.49. The van der Waals surface area contributed by atoms with Gasteiger partial charge in [0.25, 0.3) is 0 Å². The Balaban J connectivity index is 0.00000256. The van der Waals surface area contributed by atoms with Crippen LogP contribution < -0.4 is 16.0 Å². The molecule has 3 aromatic rings. The monoisotopic (exact) mass is 443 g/mol. The maximum absolute atomic E-state index is 6.44. The quantitative estimate of drug-likeness (QED) is 0.557. The van der Waals surface area contributed by atoms with Gasteiger partial charge in [0.1, 0.15) is 5.82 Å². The predicted molar refractivity (Wildman–Crippen MR) is 127 cm³/mol. The first kappa shape index (κ1) is 22.3. The molecule has 0 fully saturated rings. The molecule has 30 heavy (non-hydrogen) atoms. The lowest BCUT2D eigenvalue weighted by molar-refractivity contribution is 0.614. The highest BCUT2D eigenvalue weighted by Gasteiger charge is 2.28. The standard InChI is InChI=1S/C23H26ClN5.ClH/c1-14-15(2)26-23(27-21-10-5-4-7-17(21)13-25)28-22(14)29-12-11-19-18(16(29)3)8-6-9-20(19)24;/h4-10,16H,11-13,25H2,1-3H3,(H,26,27,28);1H. The lowest BCUT2D eigenvalue weighted by Crippen LogP contribution is -2.35. The molecule has 0 spiro atoms. The minimum absolute atomic E-state index is 0. The first-order valence-electron chi connectivity index (χ1n) is 9.93. The third kappa shape index (κ3) is 4.10. The third-order valence-electron chi connectivity index (χ3n) is 5.79. The minimum atomic E-state index is 0. The number of anilines is 3. The number of para-hydroxylation sites is 1. The summed E-state index contributed by atoms with van der Waals surface area (Å²) in [6.07, 6.45) is 0.903. The van der Waals surface area contributed by atoms with Gasteiger partial charge in [-0.3, -0.25) is 0 Å². The summed E-state index contributed by atoms with van der Waals surface area (Å²) in [5.41, 5.74) is 12.4. The van der Waals surface area contributed by atoms with Crippen LogP contribution in [0.25, 0.3) is 0 Å². The summed E-state index contributed by atoms with van der Waals surface area (Å²) in [5, 5.41) is 4.22. The van der Waals surface area contributed by atoms with Crippen LogP contribution in [0.5, 0.6) is 0 Å². The number of aryl methyl sites for hydroxylation is 1. The van der Waals surface area contributed by atoms with Gasteiger partial charge < -0.3 is 16.0 Å². The fourth-order valence-corrected chi connectivity index (χ4v) is 4.28. The van der Waals surface area contributed by atoms with Crippen LogP contribution in [0.1, 0.15) is 40.9 Å². The average molecular weight is 444 g/mol. The molecule has 0 aliphatic carbocycles. The van der Waals surface area contributed by atoms with Gasteiger partial charge in [-0.1, -0.05) is 41.9 Å². The summed E-state index contributed by atoms with van der Waals surface area (Å²) in [6.45, 7) is 7.65. The number of benzene rings is 2. The third-order valence-corrected chi connectivity index (χ3v) is 6.15. The highest BCUT2D eigenvalue weighted by atomic mass is 35.5. The van der Waals surface area contributed by atoms with Crippen LogP contribution in [0.15, 0.2) is 42.5 Å². The number of halogens is 2. The van der Waals surface area contributed by atoms with E-state index in [9.17, 15) is 0 Å². The van der Waals surface area contributed by atoms with Gasteiger partial charge in [0.05, 0.1) is 6.04 Å². The van der Waals surface area contributed by atoms with E-state index in [-0.39, 0.29) is 18.4 Å². The zero-order valence-electron chi connectivity index (χ0n) is 17.4. The highest BCUT2D eigenvalue weighted by Crippen LogP contribution is 2.37. The van der Waals surface area contributed by atoms with E-state index in [1.807, 2.05) is 43.3 Å². The average Bonchev–Trinajstić information content (AvgIpc) is 2.72. The Morgan fingerprint density at radius 1 is 1.13 bits per heavy atom. The van der Waals surface area contributed by atoms with Gasteiger partial charge in [-0.2, -0.15) is 4.98 Å². The molecule has 4 rings (SSSR count). The van der Waals surface area contributed by atoms with Gasteiger partial charge >= 0.3 is 0 Å². The number of hydrogen-bond donors (Lipinski definition) is 2. The van der Waals surface area contributed by atoms with E-state index < -0.39 is 0 Å². The lowest BCUT2D eigenvalue weighted by Gasteiger charge is -2.37. The zero-order valence-corrected chi connectivity index (χ0v) is 19.0. The smallest absolute Gasteiger partial charge is 0.229 e. The largest absolute Gasteiger partial charge is 0.349 e. The van der Waals surface area contributed by atoms with Gasteiger partial charge in [0, 0.05) is 35.1 Å². The Labute approximate surface area is 189 Å². The van der Waals surface area contributed by atoms with Crippen molar-refractivity contribution in [3.05, 3.63) is 75.4 Å². The van der Waals surface area contributed by atoms with Gasteiger partial charge in [-0.05, 0) is 56.0 Å². The maximum atomic E-state index is 6.44. The Hall–Kier alpha value is -2.34. The summed E-state index contributed by atoms with van der Waals surface area (Å²) < 4.78 is 0. The van der Waals surface area contributed by atoms with E-state index in [4.69, 9.17) is 22.3 Å². The van der Waals surface area contributed by atoms with Gasteiger partial charge in [0.15, 0.2) is 0 Å². The number of fused-ring (bicyclic) bond motifs is 1. The van der Waals surface area contributed by atoms with E-state index >= 15 is 0 Å².